The molecule has 0 radical (unpaired) electrons. The zero-order valence-electron chi connectivity index (χ0n) is 16.7. The van der Waals surface area contributed by atoms with Gasteiger partial charge in [0.1, 0.15) is 21.4 Å². The van der Waals surface area contributed by atoms with Crippen molar-refractivity contribution in [2.75, 3.05) is 32.2 Å². The van der Waals surface area contributed by atoms with Crippen molar-refractivity contribution in [2.24, 2.45) is 0 Å². The van der Waals surface area contributed by atoms with E-state index in [1.54, 1.807) is 38.1 Å². The maximum atomic E-state index is 12.3. The maximum Gasteiger partial charge on any atom is 0.348 e. The first-order valence-electron chi connectivity index (χ1n) is 8.95. The van der Waals surface area contributed by atoms with E-state index in [1.165, 1.54) is 7.11 Å². The summed E-state index contributed by atoms with van der Waals surface area (Å²) in [5.74, 6) is -0.509. The van der Waals surface area contributed by atoms with Crippen molar-refractivity contribution in [1.29, 1.82) is 0 Å². The van der Waals surface area contributed by atoms with Gasteiger partial charge in [0.25, 0.3) is 5.91 Å². The highest BCUT2D eigenvalue weighted by Crippen LogP contribution is 2.34. The van der Waals surface area contributed by atoms with E-state index in [0.717, 1.165) is 11.3 Å². The van der Waals surface area contributed by atoms with Gasteiger partial charge in [0, 0.05) is 0 Å². The maximum absolute atomic E-state index is 12.3. The van der Waals surface area contributed by atoms with Crippen molar-refractivity contribution >= 4 is 34.2 Å². The largest absolute Gasteiger partial charge is 0.494 e. The van der Waals surface area contributed by atoms with Crippen molar-refractivity contribution in [3.8, 4) is 11.5 Å². The number of rotatable bonds is 9. The Bertz CT molecular complexity index is 874. The summed E-state index contributed by atoms with van der Waals surface area (Å²) in [7, 11) is 1.24. The second-order valence-electron chi connectivity index (χ2n) is 5.71. The van der Waals surface area contributed by atoms with Crippen molar-refractivity contribution < 1.29 is 33.3 Å². The first-order chi connectivity index (χ1) is 13.9. The van der Waals surface area contributed by atoms with E-state index in [4.69, 9.17) is 18.9 Å². The van der Waals surface area contributed by atoms with Crippen LogP contribution >= 0.6 is 11.3 Å². The molecule has 0 saturated heterocycles. The Hall–Kier alpha value is -3.07. The Morgan fingerprint density at radius 1 is 0.966 bits per heavy atom. The average molecular weight is 421 g/mol. The van der Waals surface area contributed by atoms with Gasteiger partial charge in [-0.15, -0.1) is 11.3 Å². The third kappa shape index (κ3) is 5.71. The van der Waals surface area contributed by atoms with E-state index in [9.17, 15) is 14.4 Å². The molecule has 0 aliphatic carbocycles. The predicted molar refractivity (Wildman–Crippen MR) is 108 cm³/mol. The molecular weight excluding hydrogens is 398 g/mol. The van der Waals surface area contributed by atoms with E-state index in [1.807, 2.05) is 6.92 Å². The normalized spacial score (nSPS) is 10.2. The number of anilines is 1. The van der Waals surface area contributed by atoms with Crippen LogP contribution in [0.4, 0.5) is 5.00 Å². The highest BCUT2D eigenvalue weighted by atomic mass is 32.1. The van der Waals surface area contributed by atoms with Gasteiger partial charge in [-0.25, -0.2) is 9.59 Å². The molecular formula is C20H23NO7S. The molecule has 1 N–H and O–H groups in total. The van der Waals surface area contributed by atoms with Crippen molar-refractivity contribution in [3.05, 3.63) is 40.3 Å². The summed E-state index contributed by atoms with van der Waals surface area (Å²) in [4.78, 5) is 36.8. The number of methoxy groups -OCH3 is 1. The van der Waals surface area contributed by atoms with Crippen LogP contribution in [0.1, 0.15) is 39.4 Å². The number of nitrogens with one attached hydrogen (secondary N) is 1. The van der Waals surface area contributed by atoms with Gasteiger partial charge in [0.2, 0.25) is 0 Å². The van der Waals surface area contributed by atoms with E-state index in [0.29, 0.717) is 23.7 Å². The number of esters is 2. The van der Waals surface area contributed by atoms with Crippen LogP contribution in [0.15, 0.2) is 24.3 Å². The first-order valence-corrected chi connectivity index (χ1v) is 9.77. The van der Waals surface area contributed by atoms with Crippen LogP contribution in [-0.4, -0.2) is 44.8 Å². The molecule has 1 heterocycles. The number of hydrogen-bond acceptors (Lipinski definition) is 8. The van der Waals surface area contributed by atoms with Gasteiger partial charge in [-0.2, -0.15) is 0 Å². The summed E-state index contributed by atoms with van der Waals surface area (Å²) in [6.45, 7) is 5.60. The van der Waals surface area contributed by atoms with Gasteiger partial charge in [-0.1, -0.05) is 0 Å². The Kier molecular flexibility index (Phi) is 8.02. The summed E-state index contributed by atoms with van der Waals surface area (Å²) in [5, 5.41) is 2.82. The topological polar surface area (TPSA) is 100 Å². The Morgan fingerprint density at radius 2 is 1.59 bits per heavy atom. The smallest absolute Gasteiger partial charge is 0.348 e. The lowest BCUT2D eigenvalue weighted by atomic mass is 10.1. The molecule has 0 spiro atoms. The molecule has 0 aliphatic rings. The second-order valence-corrected chi connectivity index (χ2v) is 6.73. The van der Waals surface area contributed by atoms with Gasteiger partial charge >= 0.3 is 11.9 Å². The van der Waals surface area contributed by atoms with Crippen LogP contribution in [0.25, 0.3) is 0 Å². The summed E-state index contributed by atoms with van der Waals surface area (Å²) >= 11 is 0.951. The molecule has 29 heavy (non-hydrogen) atoms. The zero-order valence-corrected chi connectivity index (χ0v) is 17.5. The molecule has 156 valence electrons. The molecule has 1 aromatic carbocycles. The van der Waals surface area contributed by atoms with E-state index < -0.39 is 17.8 Å². The van der Waals surface area contributed by atoms with Crippen LogP contribution in [0.2, 0.25) is 0 Å². The highest BCUT2D eigenvalue weighted by molar-refractivity contribution is 7.18. The molecule has 1 amide bonds. The molecule has 0 aliphatic heterocycles. The summed E-state index contributed by atoms with van der Waals surface area (Å²) in [5.41, 5.74) is 0.523. The van der Waals surface area contributed by atoms with Gasteiger partial charge in [0.15, 0.2) is 6.61 Å². The Morgan fingerprint density at radius 3 is 2.14 bits per heavy atom. The molecule has 8 nitrogen and oxygen atoms in total. The van der Waals surface area contributed by atoms with Gasteiger partial charge in [0.05, 0.1) is 25.9 Å². The van der Waals surface area contributed by atoms with Crippen LogP contribution in [0.5, 0.6) is 11.5 Å². The molecule has 0 unspecified atom stereocenters. The molecule has 9 heteroatoms. The molecule has 0 saturated carbocycles. The van der Waals surface area contributed by atoms with Gasteiger partial charge in [-0.05, 0) is 50.6 Å². The minimum atomic E-state index is -0.626. The Balaban J connectivity index is 2.11. The van der Waals surface area contributed by atoms with Crippen molar-refractivity contribution in [3.63, 3.8) is 0 Å². The monoisotopic (exact) mass is 421 g/mol. The molecule has 2 rings (SSSR count). The molecule has 2 aromatic rings. The van der Waals surface area contributed by atoms with Crippen LogP contribution in [0.3, 0.4) is 0 Å². The van der Waals surface area contributed by atoms with E-state index in [2.05, 4.69) is 5.32 Å². The quantitative estimate of drug-likeness (QED) is 0.619. The van der Waals surface area contributed by atoms with Crippen molar-refractivity contribution in [2.45, 2.75) is 20.8 Å². The van der Waals surface area contributed by atoms with Crippen molar-refractivity contribution in [1.82, 2.24) is 0 Å². The first kappa shape index (κ1) is 22.2. The number of ether oxygens (including phenoxy) is 4. The lowest BCUT2D eigenvalue weighted by Gasteiger charge is -2.09. The number of hydrogen-bond donors (Lipinski definition) is 1. The number of carbonyl (C=O) groups excluding carboxylic acids is 3. The summed E-state index contributed by atoms with van der Waals surface area (Å²) in [6, 6.07) is 6.85. The standard InChI is InChI=1S/C20H23NO7S/c1-5-26-13-7-9-14(10-8-13)28-11-15(22)21-18-16(19(23)27-6-2)12(3)17(29-18)20(24)25-4/h7-10H,5-6,11H2,1-4H3,(H,21,22). The highest BCUT2D eigenvalue weighted by Gasteiger charge is 2.27. The third-order valence-corrected chi connectivity index (χ3v) is 4.94. The minimum Gasteiger partial charge on any atom is -0.494 e. The average Bonchev–Trinajstić information content (AvgIpc) is 3.03. The summed E-state index contributed by atoms with van der Waals surface area (Å²) in [6.07, 6.45) is 0. The van der Waals surface area contributed by atoms with Gasteiger partial charge in [-0.3, -0.25) is 4.79 Å². The SMILES string of the molecule is CCOC(=O)c1c(NC(=O)COc2ccc(OCC)cc2)sc(C(=O)OC)c1C. The fourth-order valence-corrected chi connectivity index (χ4v) is 3.58. The Labute approximate surface area is 172 Å². The van der Waals surface area contributed by atoms with Crippen LogP contribution < -0.4 is 14.8 Å². The third-order valence-electron chi connectivity index (χ3n) is 3.75. The summed E-state index contributed by atoms with van der Waals surface area (Å²) < 4.78 is 20.6. The minimum absolute atomic E-state index is 0.131. The van der Waals surface area contributed by atoms with Gasteiger partial charge < -0.3 is 24.3 Å². The fraction of sp³-hybridized carbons (Fsp3) is 0.350. The number of amides is 1. The van der Waals surface area contributed by atoms with E-state index in [-0.39, 0.29) is 28.7 Å². The number of carbonyl (C=O) groups is 3. The number of thiophene rings is 1. The molecule has 0 atom stereocenters. The fourth-order valence-electron chi connectivity index (χ4n) is 2.45. The lowest BCUT2D eigenvalue weighted by molar-refractivity contribution is -0.118. The molecule has 0 fully saturated rings. The predicted octanol–water partition coefficient (Wildman–Crippen LogP) is 3.44. The second kappa shape index (κ2) is 10.5. The van der Waals surface area contributed by atoms with Crippen LogP contribution in [0, 0.1) is 6.92 Å². The zero-order chi connectivity index (χ0) is 21.4. The van der Waals surface area contributed by atoms with E-state index >= 15 is 0 Å². The molecule has 0 bridgehead atoms. The van der Waals surface area contributed by atoms with Crippen LogP contribution in [-0.2, 0) is 14.3 Å². The number of benzene rings is 1. The molecule has 1 aromatic heterocycles. The lowest BCUT2D eigenvalue weighted by Crippen LogP contribution is -2.21.